The second kappa shape index (κ2) is 56.9. The molecule has 0 amide bonds. The maximum atomic E-state index is 12.7. The van der Waals surface area contributed by atoms with Gasteiger partial charge in [-0.3, -0.25) is 14.2 Å². The van der Waals surface area contributed by atoms with E-state index in [0.29, 0.717) is 17.4 Å². The molecule has 0 aliphatic carbocycles. The van der Waals surface area contributed by atoms with Crippen molar-refractivity contribution in [1.82, 2.24) is 0 Å². The molecule has 0 aromatic carbocycles. The second-order valence-electron chi connectivity index (χ2n) is 23.1. The topological polar surface area (TPSA) is 111 Å². The number of unbranched alkanes of at least 4 members (excludes halogenated alkanes) is 40. The van der Waals surface area contributed by atoms with Crippen LogP contribution in [0.5, 0.6) is 0 Å². The Morgan fingerprint density at radius 3 is 1.11 bits per heavy atom. The van der Waals surface area contributed by atoms with Crippen molar-refractivity contribution in [3.05, 3.63) is 36.5 Å². The zero-order chi connectivity index (χ0) is 54.9. The number of phosphoric ester groups is 1. The van der Waals surface area contributed by atoms with Crippen LogP contribution in [0.25, 0.3) is 0 Å². The third-order valence-corrected chi connectivity index (χ3v) is 15.3. The third kappa shape index (κ3) is 61.3. The predicted octanol–water partition coefficient (Wildman–Crippen LogP) is 19.7. The molecule has 0 spiro atoms. The number of allylic oxidation sites excluding steroid dienone is 6. The molecule has 0 saturated heterocycles. The maximum absolute atomic E-state index is 12.7. The smallest absolute Gasteiger partial charge is 0.306 e. The van der Waals surface area contributed by atoms with Crippen LogP contribution in [-0.4, -0.2) is 70.0 Å². The molecule has 0 fully saturated rings. The summed E-state index contributed by atoms with van der Waals surface area (Å²) in [5, 5.41) is 0. The van der Waals surface area contributed by atoms with Crippen LogP contribution in [-0.2, 0) is 32.7 Å². The van der Waals surface area contributed by atoms with E-state index in [4.69, 9.17) is 18.5 Å². The number of carbonyl (C=O) groups is 2. The van der Waals surface area contributed by atoms with Crippen LogP contribution in [0, 0.1) is 0 Å². The first-order chi connectivity index (χ1) is 36.5. The first kappa shape index (κ1) is 73.2. The minimum atomic E-state index is -4.64. The van der Waals surface area contributed by atoms with Crippen molar-refractivity contribution in [2.75, 3.05) is 47.5 Å². The molecule has 0 N–H and O–H groups in total. The van der Waals surface area contributed by atoms with Crippen molar-refractivity contribution in [2.45, 2.75) is 322 Å². The van der Waals surface area contributed by atoms with E-state index < -0.39 is 26.5 Å². The largest absolute Gasteiger partial charge is 0.756 e. The Morgan fingerprint density at radius 1 is 0.413 bits per heavy atom. The number of hydrogen-bond donors (Lipinski definition) is 0. The van der Waals surface area contributed by atoms with Crippen LogP contribution in [0.3, 0.4) is 0 Å². The SMILES string of the molecule is CCCC/C=C\C/C=C\CCCCCCCC(=O)OC(COC(=O)CCCCCCCCCCCCCCCCCCCCCCCCCCC/C=C\CCCCCCCCCC)COP(=O)([O-])OCC[N+](C)(C)C. The highest BCUT2D eigenvalue weighted by molar-refractivity contribution is 7.45. The van der Waals surface area contributed by atoms with E-state index in [0.717, 1.165) is 64.2 Å². The Labute approximate surface area is 465 Å². The number of nitrogens with zero attached hydrogens (tertiary/aromatic N) is 1. The predicted molar refractivity (Wildman–Crippen MR) is 319 cm³/mol. The molecular formula is C65H124NO8P. The van der Waals surface area contributed by atoms with Gasteiger partial charge in [0.1, 0.15) is 19.8 Å². The summed E-state index contributed by atoms with van der Waals surface area (Å²) < 4.78 is 34.1. The number of esters is 2. The van der Waals surface area contributed by atoms with E-state index in [9.17, 15) is 19.0 Å². The third-order valence-electron chi connectivity index (χ3n) is 14.4. The highest BCUT2D eigenvalue weighted by Crippen LogP contribution is 2.38. The van der Waals surface area contributed by atoms with Gasteiger partial charge in [0.25, 0.3) is 7.82 Å². The number of quaternary nitrogens is 1. The minimum absolute atomic E-state index is 0.0322. The summed E-state index contributed by atoms with van der Waals surface area (Å²) in [6.07, 6.45) is 71.0. The Kier molecular flexibility index (Phi) is 55.6. The Balaban J connectivity index is 3.88. The van der Waals surface area contributed by atoms with Gasteiger partial charge in [-0.1, -0.05) is 275 Å². The molecular weight excluding hydrogens is 954 g/mol. The van der Waals surface area contributed by atoms with Crippen LogP contribution in [0.2, 0.25) is 0 Å². The lowest BCUT2D eigenvalue weighted by Gasteiger charge is -2.28. The fourth-order valence-electron chi connectivity index (χ4n) is 9.38. The molecule has 10 heteroatoms. The van der Waals surface area contributed by atoms with Crippen LogP contribution in [0.4, 0.5) is 0 Å². The van der Waals surface area contributed by atoms with Crippen molar-refractivity contribution in [3.8, 4) is 0 Å². The van der Waals surface area contributed by atoms with Gasteiger partial charge in [0, 0.05) is 12.8 Å². The first-order valence-electron chi connectivity index (χ1n) is 32.2. The van der Waals surface area contributed by atoms with Crippen LogP contribution < -0.4 is 4.89 Å². The van der Waals surface area contributed by atoms with Crippen molar-refractivity contribution in [1.29, 1.82) is 0 Å². The van der Waals surface area contributed by atoms with Crippen LogP contribution >= 0.6 is 7.82 Å². The average molecular weight is 1080 g/mol. The monoisotopic (exact) mass is 1080 g/mol. The summed E-state index contributed by atoms with van der Waals surface area (Å²) in [7, 11) is 1.17. The molecule has 0 saturated carbocycles. The molecule has 0 aliphatic heterocycles. The molecule has 0 rings (SSSR count). The minimum Gasteiger partial charge on any atom is -0.756 e. The van der Waals surface area contributed by atoms with Crippen molar-refractivity contribution in [2.24, 2.45) is 0 Å². The second-order valence-corrected chi connectivity index (χ2v) is 24.5. The molecule has 75 heavy (non-hydrogen) atoms. The molecule has 0 heterocycles. The van der Waals surface area contributed by atoms with Gasteiger partial charge in [-0.2, -0.15) is 0 Å². The lowest BCUT2D eigenvalue weighted by Crippen LogP contribution is -2.37. The van der Waals surface area contributed by atoms with Crippen LogP contribution in [0.15, 0.2) is 36.5 Å². The summed E-state index contributed by atoms with van der Waals surface area (Å²) in [6.45, 7) is 4.22. The van der Waals surface area contributed by atoms with Gasteiger partial charge in [-0.25, -0.2) is 0 Å². The van der Waals surface area contributed by atoms with E-state index in [1.165, 1.54) is 218 Å². The van der Waals surface area contributed by atoms with E-state index in [1.807, 2.05) is 21.1 Å². The molecule has 0 bridgehead atoms. The molecule has 0 radical (unpaired) electrons. The number of likely N-dealkylation sites (N-methyl/N-ethyl adjacent to an activating group) is 1. The summed E-state index contributed by atoms with van der Waals surface area (Å²) in [5.74, 6) is -0.837. The fourth-order valence-corrected chi connectivity index (χ4v) is 10.1. The number of rotatable bonds is 60. The number of phosphoric acid groups is 1. The van der Waals surface area contributed by atoms with Crippen LogP contribution in [0.1, 0.15) is 316 Å². The molecule has 2 atom stereocenters. The summed E-state index contributed by atoms with van der Waals surface area (Å²) in [5.41, 5.74) is 0. The summed E-state index contributed by atoms with van der Waals surface area (Å²) in [6, 6.07) is 0. The van der Waals surface area contributed by atoms with Crippen molar-refractivity contribution < 1.29 is 42.1 Å². The van der Waals surface area contributed by atoms with Gasteiger partial charge in [0.15, 0.2) is 6.10 Å². The molecule has 9 nitrogen and oxygen atoms in total. The van der Waals surface area contributed by atoms with E-state index in [2.05, 4.69) is 50.3 Å². The Bertz CT molecular complexity index is 1360. The van der Waals surface area contributed by atoms with Crippen molar-refractivity contribution in [3.63, 3.8) is 0 Å². The highest BCUT2D eigenvalue weighted by atomic mass is 31.2. The van der Waals surface area contributed by atoms with Gasteiger partial charge in [-0.15, -0.1) is 0 Å². The van der Waals surface area contributed by atoms with E-state index in [1.54, 1.807) is 0 Å². The highest BCUT2D eigenvalue weighted by Gasteiger charge is 2.22. The van der Waals surface area contributed by atoms with E-state index in [-0.39, 0.29) is 32.0 Å². The normalized spacial score (nSPS) is 13.4. The molecule has 0 aromatic heterocycles. The Morgan fingerprint density at radius 2 is 0.733 bits per heavy atom. The maximum Gasteiger partial charge on any atom is 0.306 e. The van der Waals surface area contributed by atoms with Gasteiger partial charge in [-0.05, 0) is 64.2 Å². The average Bonchev–Trinajstić information content (AvgIpc) is 3.37. The number of hydrogen-bond acceptors (Lipinski definition) is 8. The molecule has 2 unspecified atom stereocenters. The summed E-state index contributed by atoms with van der Waals surface area (Å²) >= 11 is 0. The van der Waals surface area contributed by atoms with E-state index >= 15 is 0 Å². The number of carbonyl (C=O) groups excluding carboxylic acids is 2. The molecule has 0 aromatic rings. The van der Waals surface area contributed by atoms with Gasteiger partial charge in [0.05, 0.1) is 27.7 Å². The lowest BCUT2D eigenvalue weighted by molar-refractivity contribution is -0.870. The number of ether oxygens (including phenoxy) is 2. The Hall–Kier alpha value is -1.77. The molecule has 0 aliphatic rings. The zero-order valence-electron chi connectivity index (χ0n) is 50.3. The quantitative estimate of drug-likeness (QED) is 0.0195. The van der Waals surface area contributed by atoms with Gasteiger partial charge >= 0.3 is 11.9 Å². The molecule has 442 valence electrons. The first-order valence-corrected chi connectivity index (χ1v) is 33.7. The summed E-state index contributed by atoms with van der Waals surface area (Å²) in [4.78, 5) is 37.8. The zero-order valence-corrected chi connectivity index (χ0v) is 51.2. The van der Waals surface area contributed by atoms with Crippen molar-refractivity contribution >= 4 is 19.8 Å². The van der Waals surface area contributed by atoms with Gasteiger partial charge < -0.3 is 27.9 Å². The standard InChI is InChI=1S/C65H124NO8P/c1-6-8-10-12-14-16-18-20-22-23-24-25-26-27-28-29-30-31-32-33-34-35-36-37-38-39-40-41-42-43-44-46-47-49-51-53-55-57-64(67)71-61-63(62-73-75(69,70)72-60-59-66(3,4)5)74-65(68)58-56-54-52-50-48-45-21-19-17-15-13-11-9-7-2/h13,15,19,21,23-24,63H,6-12,14,16-18,20,22,25-62H2,1-5H3/b15-13-,21-19-,24-23-. The fraction of sp³-hybridized carbons (Fsp3) is 0.877. The lowest BCUT2D eigenvalue weighted by atomic mass is 10.0. The van der Waals surface area contributed by atoms with Gasteiger partial charge in [0.2, 0.25) is 0 Å².